The molecule has 1 atom stereocenters. The fourth-order valence-corrected chi connectivity index (χ4v) is 1.95. The van der Waals surface area contributed by atoms with Gasteiger partial charge in [-0.1, -0.05) is 36.9 Å². The second-order valence-corrected chi connectivity index (χ2v) is 4.21. The summed E-state index contributed by atoms with van der Waals surface area (Å²) in [5.41, 5.74) is -0.135. The molecule has 2 aromatic carbocycles. The van der Waals surface area contributed by atoms with Crippen LogP contribution in [-0.4, -0.2) is 12.2 Å². The van der Waals surface area contributed by atoms with Crippen LogP contribution in [0.25, 0.3) is 0 Å². The lowest BCUT2D eigenvalue weighted by Gasteiger charge is -2.25. The first-order valence-corrected chi connectivity index (χ1v) is 5.86. The van der Waals surface area contributed by atoms with Gasteiger partial charge in [-0.05, 0) is 35.4 Å². The van der Waals surface area contributed by atoms with Crippen LogP contribution < -0.4 is 4.74 Å². The lowest BCUT2D eigenvalue weighted by atomic mass is 9.86. The molecule has 1 N–H and O–H groups in total. The molecule has 0 bridgehead atoms. The molecule has 2 aromatic rings. The van der Waals surface area contributed by atoms with Crippen LogP contribution in [0.4, 0.5) is 4.39 Å². The minimum Gasteiger partial charge on any atom is -0.497 e. The van der Waals surface area contributed by atoms with Gasteiger partial charge in [0.1, 0.15) is 17.2 Å². The number of benzene rings is 2. The number of hydrogen-bond donors (Lipinski definition) is 1. The summed E-state index contributed by atoms with van der Waals surface area (Å²) in [6.07, 6.45) is 1.43. The van der Waals surface area contributed by atoms with Gasteiger partial charge in [0.25, 0.3) is 0 Å². The van der Waals surface area contributed by atoms with Gasteiger partial charge in [0.05, 0.1) is 7.11 Å². The van der Waals surface area contributed by atoms with Gasteiger partial charge in [-0.25, -0.2) is 4.39 Å². The molecule has 0 spiro atoms. The molecule has 0 amide bonds. The van der Waals surface area contributed by atoms with Gasteiger partial charge in [0, 0.05) is 0 Å². The Morgan fingerprint density at radius 1 is 1.05 bits per heavy atom. The minimum absolute atomic E-state index is 0.343. The van der Waals surface area contributed by atoms with E-state index in [1.54, 1.807) is 43.5 Å². The van der Waals surface area contributed by atoms with Crippen molar-refractivity contribution >= 4 is 0 Å². The van der Waals surface area contributed by atoms with Crippen LogP contribution >= 0.6 is 0 Å². The van der Waals surface area contributed by atoms with Crippen molar-refractivity contribution in [1.82, 2.24) is 0 Å². The molecular formula is C16H15FO2. The predicted molar refractivity (Wildman–Crippen MR) is 72.6 cm³/mol. The lowest BCUT2D eigenvalue weighted by Crippen LogP contribution is -2.24. The highest BCUT2D eigenvalue weighted by molar-refractivity contribution is 5.42. The van der Waals surface area contributed by atoms with E-state index < -0.39 is 5.60 Å². The summed E-state index contributed by atoms with van der Waals surface area (Å²) in [6.45, 7) is 3.68. The van der Waals surface area contributed by atoms with Gasteiger partial charge in [-0.3, -0.25) is 0 Å². The highest BCUT2D eigenvalue weighted by atomic mass is 19.1. The molecule has 0 saturated carbocycles. The standard InChI is InChI=1S/C16H15FO2/c1-3-16(18,12-4-8-14(17)9-5-12)13-6-10-15(19-2)11-7-13/h3-11,18H,1H2,2H3. The number of methoxy groups -OCH3 is 1. The normalized spacial score (nSPS) is 13.6. The number of aliphatic hydroxyl groups is 1. The molecule has 19 heavy (non-hydrogen) atoms. The first-order valence-electron chi connectivity index (χ1n) is 5.86. The summed E-state index contributed by atoms with van der Waals surface area (Å²) in [6, 6.07) is 12.7. The summed E-state index contributed by atoms with van der Waals surface area (Å²) in [7, 11) is 1.58. The molecule has 0 heterocycles. The molecule has 0 aliphatic heterocycles. The summed E-state index contributed by atoms with van der Waals surface area (Å²) in [4.78, 5) is 0. The quantitative estimate of drug-likeness (QED) is 0.853. The molecule has 0 radical (unpaired) electrons. The Morgan fingerprint density at radius 2 is 1.53 bits per heavy atom. The van der Waals surface area contributed by atoms with Crippen molar-refractivity contribution in [3.05, 3.63) is 78.1 Å². The Morgan fingerprint density at radius 3 is 1.95 bits per heavy atom. The molecule has 0 aliphatic rings. The maximum atomic E-state index is 13.0. The number of rotatable bonds is 4. The van der Waals surface area contributed by atoms with E-state index in [1.165, 1.54) is 18.2 Å². The molecule has 2 rings (SSSR count). The first-order chi connectivity index (χ1) is 9.10. The molecule has 98 valence electrons. The van der Waals surface area contributed by atoms with Crippen LogP contribution in [0.5, 0.6) is 5.75 Å². The van der Waals surface area contributed by atoms with E-state index in [-0.39, 0.29) is 5.82 Å². The summed E-state index contributed by atoms with van der Waals surface area (Å²) in [5.74, 6) is 0.360. The smallest absolute Gasteiger partial charge is 0.133 e. The zero-order valence-corrected chi connectivity index (χ0v) is 10.6. The Kier molecular flexibility index (Phi) is 3.67. The Balaban J connectivity index is 2.46. The molecule has 0 fully saturated rings. The van der Waals surface area contributed by atoms with E-state index in [1.807, 2.05) is 0 Å². The van der Waals surface area contributed by atoms with Crippen molar-refractivity contribution in [1.29, 1.82) is 0 Å². The van der Waals surface area contributed by atoms with Gasteiger partial charge < -0.3 is 9.84 Å². The lowest BCUT2D eigenvalue weighted by molar-refractivity contribution is 0.135. The monoisotopic (exact) mass is 258 g/mol. The van der Waals surface area contributed by atoms with Gasteiger partial charge in [0.2, 0.25) is 0 Å². The van der Waals surface area contributed by atoms with Crippen molar-refractivity contribution in [2.24, 2.45) is 0 Å². The Hall–Kier alpha value is -2.13. The van der Waals surface area contributed by atoms with Crippen molar-refractivity contribution in [3.63, 3.8) is 0 Å². The summed E-state index contributed by atoms with van der Waals surface area (Å²) in [5, 5.41) is 10.7. The summed E-state index contributed by atoms with van der Waals surface area (Å²) >= 11 is 0. The van der Waals surface area contributed by atoms with Crippen molar-refractivity contribution in [2.45, 2.75) is 5.60 Å². The van der Waals surface area contributed by atoms with E-state index >= 15 is 0 Å². The third-order valence-corrected chi connectivity index (χ3v) is 3.11. The summed E-state index contributed by atoms with van der Waals surface area (Å²) < 4.78 is 18.0. The second kappa shape index (κ2) is 5.24. The van der Waals surface area contributed by atoms with Crippen molar-refractivity contribution in [3.8, 4) is 5.75 Å². The van der Waals surface area contributed by atoms with E-state index in [9.17, 15) is 9.50 Å². The SMILES string of the molecule is C=CC(O)(c1ccc(F)cc1)c1ccc(OC)cc1. The zero-order chi connectivity index (χ0) is 13.9. The first kappa shape index (κ1) is 13.3. The van der Waals surface area contributed by atoms with Gasteiger partial charge in [0.15, 0.2) is 0 Å². The van der Waals surface area contributed by atoms with Crippen LogP contribution in [0, 0.1) is 5.82 Å². The minimum atomic E-state index is -1.35. The Bertz CT molecular complexity index is 560. The third-order valence-electron chi connectivity index (χ3n) is 3.11. The largest absolute Gasteiger partial charge is 0.497 e. The predicted octanol–water partition coefficient (Wildman–Crippen LogP) is 3.26. The van der Waals surface area contributed by atoms with Crippen LogP contribution in [-0.2, 0) is 5.60 Å². The second-order valence-electron chi connectivity index (χ2n) is 4.21. The molecule has 0 aromatic heterocycles. The molecule has 3 heteroatoms. The van der Waals surface area contributed by atoms with Crippen LogP contribution in [0.3, 0.4) is 0 Å². The highest BCUT2D eigenvalue weighted by Gasteiger charge is 2.27. The molecule has 1 unspecified atom stereocenters. The number of ether oxygens (including phenoxy) is 1. The highest BCUT2D eigenvalue weighted by Crippen LogP contribution is 2.31. The molecule has 0 aliphatic carbocycles. The molecule has 0 saturated heterocycles. The zero-order valence-electron chi connectivity index (χ0n) is 10.6. The van der Waals surface area contributed by atoms with Crippen LogP contribution in [0.15, 0.2) is 61.2 Å². The fraction of sp³-hybridized carbons (Fsp3) is 0.125. The van der Waals surface area contributed by atoms with E-state index in [4.69, 9.17) is 4.74 Å². The number of halogens is 1. The maximum absolute atomic E-state index is 13.0. The van der Waals surface area contributed by atoms with Gasteiger partial charge in [-0.2, -0.15) is 0 Å². The van der Waals surface area contributed by atoms with Crippen LogP contribution in [0.2, 0.25) is 0 Å². The van der Waals surface area contributed by atoms with E-state index in [2.05, 4.69) is 6.58 Å². The van der Waals surface area contributed by atoms with Crippen molar-refractivity contribution in [2.75, 3.05) is 7.11 Å². The average Bonchev–Trinajstić information content (AvgIpc) is 2.47. The maximum Gasteiger partial charge on any atom is 0.133 e. The van der Waals surface area contributed by atoms with Crippen LogP contribution in [0.1, 0.15) is 11.1 Å². The topological polar surface area (TPSA) is 29.5 Å². The number of hydrogen-bond acceptors (Lipinski definition) is 2. The molecular weight excluding hydrogens is 243 g/mol. The van der Waals surface area contributed by atoms with E-state index in [0.717, 1.165) is 0 Å². The van der Waals surface area contributed by atoms with Crippen molar-refractivity contribution < 1.29 is 14.2 Å². The van der Waals surface area contributed by atoms with Gasteiger partial charge in [-0.15, -0.1) is 0 Å². The fourth-order valence-electron chi connectivity index (χ4n) is 1.95. The van der Waals surface area contributed by atoms with Gasteiger partial charge >= 0.3 is 0 Å². The molecule has 2 nitrogen and oxygen atoms in total. The Labute approximate surface area is 111 Å². The van der Waals surface area contributed by atoms with E-state index in [0.29, 0.717) is 16.9 Å². The average molecular weight is 258 g/mol. The third kappa shape index (κ3) is 2.51.